The molecule has 6 atom stereocenters. The lowest BCUT2D eigenvalue weighted by molar-refractivity contribution is -0.249. The van der Waals surface area contributed by atoms with E-state index in [0.717, 1.165) is 4.90 Å². The summed E-state index contributed by atoms with van der Waals surface area (Å²) in [6, 6.07) is 0. The number of hydrogen-bond acceptors (Lipinski definition) is 22. The van der Waals surface area contributed by atoms with E-state index >= 15 is 0 Å². The Morgan fingerprint density at radius 2 is 1.08 bits per heavy atom. The van der Waals surface area contributed by atoms with Crippen LogP contribution in [0.2, 0.25) is 0 Å². The molecule has 6 unspecified atom stereocenters. The fourth-order valence-electron chi connectivity index (χ4n) is 3.89. The molecule has 1 heterocycles. The van der Waals surface area contributed by atoms with E-state index in [4.69, 9.17) is 48.5 Å². The standard InChI is InChI=1S/C21H40O15.C7H11NO5.C7H9NO4/c1-14(5-22)10-32-19(8-25)35-15(6-23)11-33-20(9-26)36-16(7-24)12-34-21(30-2)13-31-18(29)4-3-17(27)28;1-13-7(12)4-8-5(9)2-3-6(10)11;1-12-7(11)4-8-5(9)2-3-6(8)10/h14-16,19-26H,3-13H2,1-2H3,(H,27,28);2-4H2,1H3,(H,8,9)(H,10,11);2-4H2,1H3. The lowest BCUT2D eigenvalue weighted by Crippen LogP contribution is -2.39. The van der Waals surface area contributed by atoms with Gasteiger partial charge in [0.1, 0.15) is 31.9 Å². The first-order valence-electron chi connectivity index (χ1n) is 18.5. The summed E-state index contributed by atoms with van der Waals surface area (Å²) in [5, 5.41) is 66.0. The number of imide groups is 1. The van der Waals surface area contributed by atoms with E-state index in [-0.39, 0.29) is 102 Å². The predicted molar refractivity (Wildman–Crippen MR) is 198 cm³/mol. The number of likely N-dealkylation sites (tertiary alicyclic amines) is 1. The molecule has 1 fully saturated rings. The summed E-state index contributed by atoms with van der Waals surface area (Å²) in [4.78, 5) is 86.8. The maximum absolute atomic E-state index is 11.5. The molecular weight excluding hydrogens is 832 g/mol. The van der Waals surface area contributed by atoms with Gasteiger partial charge in [-0.2, -0.15) is 0 Å². The zero-order chi connectivity index (χ0) is 46.8. The third-order valence-corrected chi connectivity index (χ3v) is 7.29. The van der Waals surface area contributed by atoms with Crippen LogP contribution in [0.3, 0.4) is 0 Å². The molecule has 1 aliphatic rings. The van der Waals surface area contributed by atoms with E-state index in [9.17, 15) is 58.8 Å². The van der Waals surface area contributed by atoms with Crippen LogP contribution in [0.5, 0.6) is 0 Å². The number of ether oxygens (including phenoxy) is 9. The molecule has 0 saturated carbocycles. The summed E-state index contributed by atoms with van der Waals surface area (Å²) in [6.45, 7) is -1.73. The monoisotopic (exact) mass is 892 g/mol. The third kappa shape index (κ3) is 31.1. The molecule has 61 heavy (non-hydrogen) atoms. The van der Waals surface area contributed by atoms with Crippen molar-refractivity contribution in [2.75, 3.05) is 93.9 Å². The van der Waals surface area contributed by atoms with Gasteiger partial charge in [0.25, 0.3) is 0 Å². The Morgan fingerprint density at radius 1 is 0.607 bits per heavy atom. The van der Waals surface area contributed by atoms with E-state index in [1.54, 1.807) is 6.92 Å². The topological polar surface area (TPSA) is 377 Å². The summed E-state index contributed by atoms with van der Waals surface area (Å²) >= 11 is 0. The molecule has 354 valence electrons. The predicted octanol–water partition coefficient (Wildman–Crippen LogP) is -4.11. The van der Waals surface area contributed by atoms with Crippen LogP contribution in [0.25, 0.3) is 0 Å². The van der Waals surface area contributed by atoms with Crippen molar-refractivity contribution < 1.29 is 117 Å². The largest absolute Gasteiger partial charge is 0.481 e. The van der Waals surface area contributed by atoms with E-state index in [0.29, 0.717) is 0 Å². The normalized spacial score (nSPS) is 15.1. The molecule has 0 aromatic carbocycles. The van der Waals surface area contributed by atoms with Gasteiger partial charge in [-0.3, -0.25) is 43.3 Å². The van der Waals surface area contributed by atoms with E-state index in [1.165, 1.54) is 21.3 Å². The van der Waals surface area contributed by atoms with Crippen LogP contribution in [0.4, 0.5) is 0 Å². The minimum absolute atomic E-state index is 0.112. The average Bonchev–Trinajstić information content (AvgIpc) is 3.57. The number of nitrogens with zero attached hydrogens (tertiary/aromatic N) is 1. The van der Waals surface area contributed by atoms with Gasteiger partial charge in [0, 0.05) is 38.9 Å². The van der Waals surface area contributed by atoms with Crippen molar-refractivity contribution in [1.82, 2.24) is 10.2 Å². The van der Waals surface area contributed by atoms with E-state index in [2.05, 4.69) is 14.8 Å². The number of carbonyl (C=O) groups excluding carboxylic acids is 6. The number of nitrogens with one attached hydrogen (secondary N) is 1. The quantitative estimate of drug-likeness (QED) is 0.0142. The Kier molecular flexibility index (Phi) is 34.8. The highest BCUT2D eigenvalue weighted by molar-refractivity contribution is 6.04. The third-order valence-electron chi connectivity index (χ3n) is 7.29. The smallest absolute Gasteiger partial charge is 0.325 e. The average molecular weight is 893 g/mol. The first-order valence-corrected chi connectivity index (χ1v) is 18.5. The minimum Gasteiger partial charge on any atom is -0.481 e. The molecule has 26 nitrogen and oxygen atoms in total. The molecule has 0 aliphatic carbocycles. The molecule has 0 radical (unpaired) electrons. The Morgan fingerprint density at radius 3 is 1.51 bits per heavy atom. The van der Waals surface area contributed by atoms with Gasteiger partial charge in [-0.15, -0.1) is 0 Å². The van der Waals surface area contributed by atoms with Crippen LogP contribution < -0.4 is 5.32 Å². The van der Waals surface area contributed by atoms with Crippen molar-refractivity contribution in [2.24, 2.45) is 5.92 Å². The number of carboxylic acid groups (broad SMARTS) is 2. The van der Waals surface area contributed by atoms with Crippen LogP contribution in [0.1, 0.15) is 45.4 Å². The number of aliphatic hydroxyl groups is 5. The summed E-state index contributed by atoms with van der Waals surface area (Å²) < 4.78 is 45.4. The summed E-state index contributed by atoms with van der Waals surface area (Å²) in [5.41, 5.74) is 0. The summed E-state index contributed by atoms with van der Waals surface area (Å²) in [5.74, 6) is -5.33. The van der Waals surface area contributed by atoms with Gasteiger partial charge in [0.05, 0.1) is 79.7 Å². The van der Waals surface area contributed by atoms with Crippen LogP contribution in [0, 0.1) is 5.92 Å². The maximum Gasteiger partial charge on any atom is 0.325 e. The molecular formula is C35H60N2O24. The first-order chi connectivity index (χ1) is 28.9. The fourth-order valence-corrected chi connectivity index (χ4v) is 3.89. The van der Waals surface area contributed by atoms with Gasteiger partial charge in [-0.05, 0) is 0 Å². The van der Waals surface area contributed by atoms with Gasteiger partial charge >= 0.3 is 29.8 Å². The first kappa shape index (κ1) is 58.6. The fraction of sp³-hybridized carbons (Fsp3) is 0.771. The van der Waals surface area contributed by atoms with Gasteiger partial charge in [-0.25, -0.2) is 0 Å². The van der Waals surface area contributed by atoms with Crippen molar-refractivity contribution >= 4 is 47.6 Å². The van der Waals surface area contributed by atoms with Gasteiger partial charge in [0.15, 0.2) is 18.9 Å². The molecule has 3 amide bonds. The minimum atomic E-state index is -1.24. The zero-order valence-corrected chi connectivity index (χ0v) is 34.5. The number of carboxylic acids is 2. The second kappa shape index (κ2) is 36.2. The molecule has 1 rings (SSSR count). The van der Waals surface area contributed by atoms with Crippen molar-refractivity contribution in [2.45, 2.75) is 76.5 Å². The van der Waals surface area contributed by atoms with Crippen LogP contribution in [-0.4, -0.2) is 213 Å². The number of carbonyl (C=O) groups is 8. The SMILES string of the molecule is COC(=O)CN1C(=O)CCC1=O.COC(=O)CNC(=O)CCC(=O)O.COC(COC(=O)CCC(=O)O)OCC(CO)OC(CO)OCC(CO)OC(CO)OCC(C)CO. The number of methoxy groups -OCH3 is 3. The van der Waals surface area contributed by atoms with Gasteiger partial charge in [0.2, 0.25) is 17.7 Å². The number of rotatable bonds is 31. The highest BCUT2D eigenvalue weighted by atomic mass is 16.7. The van der Waals surface area contributed by atoms with Crippen molar-refractivity contribution in [3.63, 3.8) is 0 Å². The molecule has 1 saturated heterocycles. The Hall–Kier alpha value is -4.48. The maximum atomic E-state index is 11.5. The Labute approximate surface area is 350 Å². The zero-order valence-electron chi connectivity index (χ0n) is 34.5. The van der Waals surface area contributed by atoms with Gasteiger partial charge < -0.3 is 83.7 Å². The van der Waals surface area contributed by atoms with Crippen molar-refractivity contribution in [3.05, 3.63) is 0 Å². The lowest BCUT2D eigenvalue weighted by atomic mass is 10.2. The highest BCUT2D eigenvalue weighted by Gasteiger charge is 2.30. The van der Waals surface area contributed by atoms with Crippen molar-refractivity contribution in [1.29, 1.82) is 0 Å². The Bertz CT molecular complexity index is 1290. The number of esters is 3. The lowest BCUT2D eigenvalue weighted by Gasteiger charge is -2.27. The van der Waals surface area contributed by atoms with E-state index in [1.807, 2.05) is 0 Å². The van der Waals surface area contributed by atoms with Crippen molar-refractivity contribution in [3.8, 4) is 0 Å². The molecule has 0 bridgehead atoms. The van der Waals surface area contributed by atoms with Gasteiger partial charge in [-0.1, -0.05) is 6.92 Å². The molecule has 0 aromatic rings. The molecule has 26 heteroatoms. The number of aliphatic carboxylic acids is 2. The number of aliphatic hydroxyl groups excluding tert-OH is 5. The van der Waals surface area contributed by atoms with Crippen LogP contribution in [-0.2, 0) is 81.0 Å². The number of hydrogen-bond donors (Lipinski definition) is 8. The summed E-state index contributed by atoms with van der Waals surface area (Å²) in [6.07, 6.45) is -5.91. The Balaban J connectivity index is 0. The number of amides is 3. The van der Waals surface area contributed by atoms with Crippen LogP contribution in [0.15, 0.2) is 0 Å². The second-order valence-electron chi connectivity index (χ2n) is 12.3. The summed E-state index contributed by atoms with van der Waals surface area (Å²) in [7, 11) is 3.70. The molecule has 8 N–H and O–H groups in total. The van der Waals surface area contributed by atoms with E-state index < -0.39 is 93.3 Å². The second-order valence-corrected chi connectivity index (χ2v) is 12.3. The highest BCUT2D eigenvalue weighted by Crippen LogP contribution is 2.11. The molecule has 0 spiro atoms. The molecule has 1 aliphatic heterocycles. The molecule has 0 aromatic heterocycles. The van der Waals surface area contributed by atoms with Crippen LogP contribution >= 0.6 is 0 Å².